The Hall–Kier alpha value is -7.04. The van der Waals surface area contributed by atoms with Crippen LogP contribution in [0.25, 0.3) is 22.3 Å². The summed E-state index contributed by atoms with van der Waals surface area (Å²) < 4.78 is 0. The number of benzene rings is 6. The molecule has 54 heavy (non-hydrogen) atoms. The van der Waals surface area contributed by atoms with Gasteiger partial charge >= 0.3 is 0 Å². The quantitative estimate of drug-likeness (QED) is 0.185. The highest BCUT2D eigenvalue weighted by Gasteiger charge is 2.33. The van der Waals surface area contributed by atoms with E-state index in [0.29, 0.717) is 0 Å². The summed E-state index contributed by atoms with van der Waals surface area (Å²) in [4.78, 5) is 20.2. The third-order valence-electron chi connectivity index (χ3n) is 11.2. The fraction of sp³-hybridized carbons (Fsp3) is 0.0400. The van der Waals surface area contributed by atoms with E-state index in [1.807, 2.05) is 36.9 Å². The fourth-order valence-corrected chi connectivity index (χ4v) is 8.86. The highest BCUT2D eigenvalue weighted by atomic mass is 14.9. The zero-order valence-electron chi connectivity index (χ0n) is 29.3. The molecular weight excluding hydrogens is 657 g/mol. The Bertz CT molecular complexity index is 2640. The Labute approximate surface area is 314 Å². The Balaban J connectivity index is 1.08. The molecule has 0 fully saturated rings. The summed E-state index contributed by atoms with van der Waals surface area (Å²) >= 11 is 0. The summed E-state index contributed by atoms with van der Waals surface area (Å²) in [7, 11) is 0. The van der Waals surface area contributed by atoms with E-state index in [2.05, 4.69) is 156 Å². The number of rotatable bonds is 4. The van der Waals surface area contributed by atoms with Crippen molar-refractivity contribution in [2.45, 2.75) is 11.8 Å². The molecule has 11 rings (SSSR count). The van der Waals surface area contributed by atoms with Crippen molar-refractivity contribution >= 4 is 22.8 Å². The van der Waals surface area contributed by atoms with Crippen LogP contribution in [-0.4, -0.2) is 21.4 Å². The average Bonchev–Trinajstić information content (AvgIpc) is 3.74. The lowest BCUT2D eigenvalue weighted by molar-refractivity contribution is 1.01. The normalized spacial score (nSPS) is 17.9. The van der Waals surface area contributed by atoms with Crippen molar-refractivity contribution in [3.8, 4) is 22.3 Å². The molecule has 6 aromatic carbocycles. The standard InChI is InChI=1S/C50H32N4/c1-3-11-31(12-4-1)47-39-17-9-7-15-35(39)37-21-19-33(27-41(37)47)49-43-29-51-25-23-45(43)54-50(44-30-52-26-24-46(44)53-49)34-20-22-38-36-16-8-10-18-40(36)48(42(38)28-34)32-13-5-2-6-14-32/h1-30,47-48H/b49-43?,50-44?,53-46?,53-49-,54-45?,54-50-. The molecule has 3 aliphatic rings. The number of aromatic nitrogens is 2. The molecule has 0 spiro atoms. The van der Waals surface area contributed by atoms with Crippen LogP contribution in [0.5, 0.6) is 0 Å². The van der Waals surface area contributed by atoms with Crippen molar-refractivity contribution in [1.29, 1.82) is 0 Å². The first-order valence-electron chi connectivity index (χ1n) is 18.4. The second-order valence-corrected chi connectivity index (χ2v) is 14.2. The molecule has 4 nitrogen and oxygen atoms in total. The van der Waals surface area contributed by atoms with Crippen molar-refractivity contribution in [2.24, 2.45) is 9.98 Å². The van der Waals surface area contributed by atoms with Crippen molar-refractivity contribution in [3.63, 3.8) is 0 Å². The van der Waals surface area contributed by atoms with E-state index in [1.54, 1.807) is 0 Å². The van der Waals surface area contributed by atoms with Crippen molar-refractivity contribution in [1.82, 2.24) is 9.97 Å². The van der Waals surface area contributed by atoms with Crippen LogP contribution in [0.1, 0.15) is 67.5 Å². The first-order valence-corrected chi connectivity index (χ1v) is 18.4. The first-order chi connectivity index (χ1) is 26.8. The molecule has 0 saturated heterocycles. The smallest absolute Gasteiger partial charge is 0.0819 e. The van der Waals surface area contributed by atoms with Crippen molar-refractivity contribution < 1.29 is 0 Å². The molecule has 2 unspecified atom stereocenters. The third-order valence-corrected chi connectivity index (χ3v) is 11.2. The summed E-state index contributed by atoms with van der Waals surface area (Å²) in [5.41, 5.74) is 20.0. The van der Waals surface area contributed by atoms with Gasteiger partial charge in [0.1, 0.15) is 0 Å². The number of hydrogen-bond acceptors (Lipinski definition) is 4. The molecule has 8 aromatic rings. The van der Waals surface area contributed by atoms with Crippen LogP contribution in [0.3, 0.4) is 0 Å². The Morgan fingerprint density at radius 1 is 0.333 bits per heavy atom. The van der Waals surface area contributed by atoms with E-state index in [0.717, 1.165) is 45.1 Å². The Morgan fingerprint density at radius 2 is 0.741 bits per heavy atom. The number of nitrogens with zero attached hydrogens (tertiary/aromatic N) is 4. The monoisotopic (exact) mass is 688 g/mol. The SMILES string of the molecule is c1ccc(C2c3ccccc3-c3ccc(/C4=N/c5ccncc5/C(c5ccc6c(c5)C(c5ccccc5)c5ccccc5-6)=N\c5ccncc54)cc32)cc1. The maximum absolute atomic E-state index is 5.48. The molecule has 0 saturated carbocycles. The molecule has 252 valence electrons. The van der Waals surface area contributed by atoms with Gasteiger partial charge in [-0.3, -0.25) is 9.97 Å². The predicted molar refractivity (Wildman–Crippen MR) is 218 cm³/mol. The van der Waals surface area contributed by atoms with E-state index < -0.39 is 0 Å². The molecule has 0 amide bonds. The fourth-order valence-electron chi connectivity index (χ4n) is 8.86. The van der Waals surface area contributed by atoms with Gasteiger partial charge in [0.15, 0.2) is 0 Å². The van der Waals surface area contributed by atoms with Crippen molar-refractivity contribution in [3.05, 3.63) is 238 Å². The number of fused-ring (bicyclic) bond motifs is 8. The second-order valence-electron chi connectivity index (χ2n) is 14.2. The maximum Gasteiger partial charge on any atom is 0.0819 e. The summed E-state index contributed by atoms with van der Waals surface area (Å²) in [6.45, 7) is 0. The molecule has 2 aromatic heterocycles. The summed E-state index contributed by atoms with van der Waals surface area (Å²) in [6, 6.07) is 56.7. The molecular formula is C50H32N4. The van der Waals surface area contributed by atoms with Crippen LogP contribution < -0.4 is 0 Å². The zero-order valence-corrected chi connectivity index (χ0v) is 29.3. The number of hydrogen-bond donors (Lipinski definition) is 0. The molecule has 0 bridgehead atoms. The van der Waals surface area contributed by atoms with E-state index in [-0.39, 0.29) is 11.8 Å². The van der Waals surface area contributed by atoms with Crippen LogP contribution in [0, 0.1) is 0 Å². The van der Waals surface area contributed by atoms with E-state index >= 15 is 0 Å². The van der Waals surface area contributed by atoms with Crippen molar-refractivity contribution in [2.75, 3.05) is 0 Å². The Morgan fingerprint density at radius 3 is 1.20 bits per heavy atom. The zero-order chi connectivity index (χ0) is 35.6. The van der Waals surface area contributed by atoms with E-state index in [9.17, 15) is 0 Å². The van der Waals surface area contributed by atoms with Crippen LogP contribution in [0.15, 0.2) is 192 Å². The van der Waals surface area contributed by atoms with Gasteiger partial charge in [0.2, 0.25) is 0 Å². The summed E-state index contributed by atoms with van der Waals surface area (Å²) in [5.74, 6) is 0.262. The maximum atomic E-state index is 5.48. The van der Waals surface area contributed by atoms with Gasteiger partial charge in [0.25, 0.3) is 0 Å². The van der Waals surface area contributed by atoms with Gasteiger partial charge < -0.3 is 0 Å². The topological polar surface area (TPSA) is 50.5 Å². The second kappa shape index (κ2) is 12.3. The molecule has 3 heterocycles. The van der Waals surface area contributed by atoms with Gasteiger partial charge in [0.05, 0.1) is 22.8 Å². The van der Waals surface area contributed by atoms with Gasteiger partial charge in [-0.2, -0.15) is 0 Å². The van der Waals surface area contributed by atoms with Crippen LogP contribution in [0.4, 0.5) is 11.4 Å². The summed E-state index contributed by atoms with van der Waals surface area (Å²) in [6.07, 6.45) is 7.45. The molecule has 0 radical (unpaired) electrons. The molecule has 2 atom stereocenters. The van der Waals surface area contributed by atoms with Gasteiger partial charge in [0, 0.05) is 58.9 Å². The molecule has 4 heteroatoms. The third kappa shape index (κ3) is 4.77. The number of pyridine rings is 2. The molecule has 2 aliphatic carbocycles. The lowest BCUT2D eigenvalue weighted by Gasteiger charge is -2.20. The Kier molecular flexibility index (Phi) is 6.96. The predicted octanol–water partition coefficient (Wildman–Crippen LogP) is 11.4. The minimum absolute atomic E-state index is 0.131. The van der Waals surface area contributed by atoms with Gasteiger partial charge in [-0.25, -0.2) is 9.98 Å². The average molecular weight is 689 g/mol. The van der Waals surface area contributed by atoms with Gasteiger partial charge in [-0.1, -0.05) is 133 Å². The van der Waals surface area contributed by atoms with Crippen LogP contribution >= 0.6 is 0 Å². The van der Waals surface area contributed by atoms with E-state index in [4.69, 9.17) is 9.98 Å². The largest absolute Gasteiger partial charge is 0.264 e. The first kappa shape index (κ1) is 30.6. The van der Waals surface area contributed by atoms with E-state index in [1.165, 1.54) is 55.6 Å². The minimum atomic E-state index is 0.131. The molecule has 1 aliphatic heterocycles. The van der Waals surface area contributed by atoms with Gasteiger partial charge in [-0.15, -0.1) is 0 Å². The summed E-state index contributed by atoms with van der Waals surface area (Å²) in [5, 5.41) is 0. The lowest BCUT2D eigenvalue weighted by Crippen LogP contribution is -2.12. The highest BCUT2D eigenvalue weighted by Crippen LogP contribution is 2.50. The van der Waals surface area contributed by atoms with Crippen LogP contribution in [-0.2, 0) is 0 Å². The number of aliphatic imine (C=N–C) groups is 2. The van der Waals surface area contributed by atoms with Crippen LogP contribution in [0.2, 0.25) is 0 Å². The highest BCUT2D eigenvalue weighted by molar-refractivity contribution is 6.22. The molecule has 0 N–H and O–H groups in total. The minimum Gasteiger partial charge on any atom is -0.264 e. The lowest BCUT2D eigenvalue weighted by atomic mass is 9.87. The van der Waals surface area contributed by atoms with Gasteiger partial charge in [-0.05, 0) is 79.9 Å².